The maximum absolute atomic E-state index is 11.4. The lowest BCUT2D eigenvalue weighted by atomic mass is 9.80. The third-order valence-electron chi connectivity index (χ3n) is 3.82. The number of carbonyl (C=O) groups is 1. The first kappa shape index (κ1) is 12.5. The van der Waals surface area contributed by atoms with Crippen molar-refractivity contribution in [2.45, 2.75) is 52.1 Å². The average Bonchev–Trinajstić information content (AvgIpc) is 2.62. The minimum absolute atomic E-state index is 0.0386. The van der Waals surface area contributed by atoms with E-state index in [2.05, 4.69) is 6.92 Å². The van der Waals surface area contributed by atoms with Crippen LogP contribution in [0.15, 0.2) is 0 Å². The van der Waals surface area contributed by atoms with E-state index in [9.17, 15) is 9.90 Å². The third-order valence-corrected chi connectivity index (χ3v) is 3.82. The molecule has 3 heteroatoms. The summed E-state index contributed by atoms with van der Waals surface area (Å²) < 4.78 is 5.19. The van der Waals surface area contributed by atoms with Crippen molar-refractivity contribution in [2.75, 3.05) is 7.11 Å². The van der Waals surface area contributed by atoms with Gasteiger partial charge in [0.05, 0.1) is 11.5 Å². The molecule has 1 aliphatic carbocycles. The second-order valence-electron chi connectivity index (χ2n) is 4.85. The zero-order valence-corrected chi connectivity index (χ0v) is 9.95. The van der Waals surface area contributed by atoms with Gasteiger partial charge in [-0.25, -0.2) is 0 Å². The Morgan fingerprint density at radius 1 is 1.67 bits per heavy atom. The van der Waals surface area contributed by atoms with Crippen LogP contribution in [-0.4, -0.2) is 24.3 Å². The number of hydrogen-bond donors (Lipinski definition) is 1. The van der Waals surface area contributed by atoms with E-state index in [0.717, 1.165) is 25.7 Å². The Kier molecular flexibility index (Phi) is 4.14. The van der Waals surface area contributed by atoms with E-state index < -0.39 is 11.4 Å². The summed E-state index contributed by atoms with van der Waals surface area (Å²) in [7, 11) is 1.65. The molecule has 3 atom stereocenters. The van der Waals surface area contributed by atoms with Gasteiger partial charge in [0.25, 0.3) is 0 Å². The molecule has 0 amide bonds. The van der Waals surface area contributed by atoms with Gasteiger partial charge in [0, 0.05) is 7.11 Å². The molecular formula is C12H22O3. The Bertz CT molecular complexity index is 227. The molecule has 88 valence electrons. The monoisotopic (exact) mass is 214 g/mol. The molecule has 1 fully saturated rings. The normalized spacial score (nSPS) is 32.9. The molecule has 0 radical (unpaired) electrons. The molecule has 3 unspecified atom stereocenters. The van der Waals surface area contributed by atoms with Gasteiger partial charge in [0.1, 0.15) is 0 Å². The fraction of sp³-hybridized carbons (Fsp3) is 0.917. The first-order valence-electron chi connectivity index (χ1n) is 5.80. The van der Waals surface area contributed by atoms with Crippen LogP contribution in [0.2, 0.25) is 0 Å². The van der Waals surface area contributed by atoms with Crippen LogP contribution < -0.4 is 0 Å². The predicted molar refractivity (Wildman–Crippen MR) is 58.8 cm³/mol. The third kappa shape index (κ3) is 2.71. The minimum atomic E-state index is -0.637. The molecular weight excluding hydrogens is 192 g/mol. The minimum Gasteiger partial charge on any atom is -0.481 e. The lowest BCUT2D eigenvalue weighted by Crippen LogP contribution is -2.32. The number of carboxylic acids is 1. The van der Waals surface area contributed by atoms with Crippen molar-refractivity contribution in [3.63, 3.8) is 0 Å². The van der Waals surface area contributed by atoms with Gasteiger partial charge >= 0.3 is 5.97 Å². The van der Waals surface area contributed by atoms with Gasteiger partial charge in [-0.1, -0.05) is 13.3 Å². The maximum Gasteiger partial charge on any atom is 0.309 e. The van der Waals surface area contributed by atoms with Crippen LogP contribution in [0.4, 0.5) is 0 Å². The molecule has 1 N–H and O–H groups in total. The molecule has 0 aromatic heterocycles. The van der Waals surface area contributed by atoms with Crippen LogP contribution >= 0.6 is 0 Å². The van der Waals surface area contributed by atoms with E-state index >= 15 is 0 Å². The van der Waals surface area contributed by atoms with Crippen LogP contribution in [-0.2, 0) is 9.53 Å². The van der Waals surface area contributed by atoms with Gasteiger partial charge in [-0.15, -0.1) is 0 Å². The highest BCUT2D eigenvalue weighted by molar-refractivity contribution is 5.75. The van der Waals surface area contributed by atoms with Gasteiger partial charge in [0.15, 0.2) is 0 Å². The summed E-state index contributed by atoms with van der Waals surface area (Å²) in [6.45, 7) is 4.09. The summed E-state index contributed by atoms with van der Waals surface area (Å²) >= 11 is 0. The van der Waals surface area contributed by atoms with E-state index in [4.69, 9.17) is 4.74 Å². The van der Waals surface area contributed by atoms with Crippen molar-refractivity contribution in [1.82, 2.24) is 0 Å². The van der Waals surface area contributed by atoms with Crippen LogP contribution in [0.5, 0.6) is 0 Å². The molecule has 0 aliphatic heterocycles. The lowest BCUT2D eigenvalue weighted by molar-refractivity contribution is -0.151. The zero-order valence-electron chi connectivity index (χ0n) is 9.95. The molecule has 1 saturated carbocycles. The number of ether oxygens (including phenoxy) is 1. The predicted octanol–water partition coefficient (Wildman–Crippen LogP) is 2.69. The highest BCUT2D eigenvalue weighted by atomic mass is 16.5. The quantitative estimate of drug-likeness (QED) is 0.765. The van der Waals surface area contributed by atoms with Crippen molar-refractivity contribution in [2.24, 2.45) is 11.3 Å². The van der Waals surface area contributed by atoms with Gasteiger partial charge in [-0.05, 0) is 38.5 Å². The molecule has 1 aliphatic rings. The van der Waals surface area contributed by atoms with Crippen molar-refractivity contribution in [3.8, 4) is 0 Å². The van der Waals surface area contributed by atoms with E-state index in [0.29, 0.717) is 12.3 Å². The summed E-state index contributed by atoms with van der Waals surface area (Å²) in [4.78, 5) is 11.4. The van der Waals surface area contributed by atoms with E-state index in [1.165, 1.54) is 0 Å². The first-order valence-corrected chi connectivity index (χ1v) is 5.80. The van der Waals surface area contributed by atoms with Gasteiger partial charge in [0.2, 0.25) is 0 Å². The Hall–Kier alpha value is -0.570. The summed E-state index contributed by atoms with van der Waals surface area (Å²) in [5.41, 5.74) is -0.518. The molecule has 0 bridgehead atoms. The van der Waals surface area contributed by atoms with Crippen molar-refractivity contribution >= 4 is 5.97 Å². The summed E-state index contributed by atoms with van der Waals surface area (Å²) in [5.74, 6) is -0.0486. The van der Waals surface area contributed by atoms with Gasteiger partial charge in [-0.2, -0.15) is 0 Å². The van der Waals surface area contributed by atoms with Gasteiger partial charge < -0.3 is 9.84 Å². The highest BCUT2D eigenvalue weighted by Gasteiger charge is 2.45. The molecule has 1 rings (SSSR count). The molecule has 0 aromatic rings. The Morgan fingerprint density at radius 2 is 2.33 bits per heavy atom. The first-order chi connectivity index (χ1) is 7.04. The topological polar surface area (TPSA) is 46.5 Å². The molecule has 15 heavy (non-hydrogen) atoms. The molecule has 3 nitrogen and oxygen atoms in total. The molecule has 0 aromatic carbocycles. The molecule has 0 saturated heterocycles. The van der Waals surface area contributed by atoms with E-state index in [1.54, 1.807) is 7.11 Å². The molecule has 0 heterocycles. The summed E-state index contributed by atoms with van der Waals surface area (Å²) in [6, 6.07) is 0. The van der Waals surface area contributed by atoms with Crippen molar-refractivity contribution < 1.29 is 14.6 Å². The number of hydrogen-bond acceptors (Lipinski definition) is 2. The number of carboxylic acid groups (broad SMARTS) is 1. The SMILES string of the molecule is CCC1CCC(CC(C)OC)(C(=O)O)C1. The lowest BCUT2D eigenvalue weighted by Gasteiger charge is -2.27. The second-order valence-corrected chi connectivity index (χ2v) is 4.85. The number of methoxy groups -OCH3 is 1. The average molecular weight is 214 g/mol. The maximum atomic E-state index is 11.4. The van der Waals surface area contributed by atoms with E-state index in [-0.39, 0.29) is 6.10 Å². The van der Waals surface area contributed by atoms with Crippen LogP contribution in [0, 0.1) is 11.3 Å². The van der Waals surface area contributed by atoms with Crippen molar-refractivity contribution in [1.29, 1.82) is 0 Å². The largest absolute Gasteiger partial charge is 0.481 e. The Balaban J connectivity index is 2.69. The Morgan fingerprint density at radius 3 is 2.73 bits per heavy atom. The highest BCUT2D eigenvalue weighted by Crippen LogP contribution is 2.46. The van der Waals surface area contributed by atoms with E-state index in [1.807, 2.05) is 6.92 Å². The molecule has 0 spiro atoms. The van der Waals surface area contributed by atoms with Gasteiger partial charge in [-0.3, -0.25) is 4.79 Å². The van der Waals surface area contributed by atoms with Crippen LogP contribution in [0.3, 0.4) is 0 Å². The number of aliphatic carboxylic acids is 1. The smallest absolute Gasteiger partial charge is 0.309 e. The fourth-order valence-corrected chi connectivity index (χ4v) is 2.69. The standard InChI is InChI=1S/C12H22O3/c1-4-10-5-6-12(8-10,11(13)14)7-9(2)15-3/h9-10H,4-8H2,1-3H3,(H,13,14). The summed E-state index contributed by atoms with van der Waals surface area (Å²) in [6.07, 6.45) is 4.48. The fourth-order valence-electron chi connectivity index (χ4n) is 2.69. The Labute approximate surface area is 91.8 Å². The summed E-state index contributed by atoms with van der Waals surface area (Å²) in [5, 5.41) is 9.37. The van der Waals surface area contributed by atoms with Crippen LogP contribution in [0.25, 0.3) is 0 Å². The van der Waals surface area contributed by atoms with Crippen LogP contribution in [0.1, 0.15) is 46.0 Å². The second kappa shape index (κ2) is 4.97. The van der Waals surface area contributed by atoms with Crippen molar-refractivity contribution in [3.05, 3.63) is 0 Å². The number of rotatable bonds is 5. The zero-order chi connectivity index (χ0) is 11.5.